The number of aromatic nitrogens is 1. The molecule has 0 radical (unpaired) electrons. The first-order valence-corrected chi connectivity index (χ1v) is 9.59. The number of nitrogens with one attached hydrogen (secondary N) is 1. The smallest absolute Gasteiger partial charge is 0.226 e. The van der Waals surface area contributed by atoms with Crippen molar-refractivity contribution in [1.82, 2.24) is 10.3 Å². The molecule has 1 amide bonds. The van der Waals surface area contributed by atoms with Gasteiger partial charge in [-0.3, -0.25) is 4.79 Å². The number of hydrogen-bond acceptors (Lipinski definition) is 4. The summed E-state index contributed by atoms with van der Waals surface area (Å²) in [6.07, 6.45) is 1.000. The van der Waals surface area contributed by atoms with Crippen molar-refractivity contribution in [2.45, 2.75) is 39.2 Å². The van der Waals surface area contributed by atoms with Gasteiger partial charge in [-0.25, -0.2) is 9.37 Å². The molecule has 5 nitrogen and oxygen atoms in total. The third-order valence-electron chi connectivity index (χ3n) is 4.93. The Balaban J connectivity index is 1.63. The Hall–Kier alpha value is -2.99. The van der Waals surface area contributed by atoms with Crippen LogP contribution >= 0.6 is 0 Å². The normalized spacial score (nSPS) is 13.1. The highest BCUT2D eigenvalue weighted by Crippen LogP contribution is 2.23. The lowest BCUT2D eigenvalue weighted by atomic mass is 9.96. The van der Waals surface area contributed by atoms with Crippen molar-refractivity contribution in [2.24, 2.45) is 0 Å². The van der Waals surface area contributed by atoms with Gasteiger partial charge < -0.3 is 14.8 Å². The Bertz CT molecular complexity index is 976. The average molecular weight is 396 g/mol. The second-order valence-corrected chi connectivity index (χ2v) is 7.31. The van der Waals surface area contributed by atoms with Crippen LogP contribution in [0.15, 0.2) is 52.9 Å². The van der Waals surface area contributed by atoms with Gasteiger partial charge in [0.15, 0.2) is 0 Å². The fourth-order valence-corrected chi connectivity index (χ4v) is 2.99. The van der Waals surface area contributed by atoms with Gasteiger partial charge in [0, 0.05) is 5.56 Å². The molecule has 3 aromatic rings. The van der Waals surface area contributed by atoms with E-state index in [0.717, 1.165) is 12.0 Å². The molecule has 1 aromatic heterocycles. The van der Waals surface area contributed by atoms with Crippen molar-refractivity contribution in [2.75, 3.05) is 6.54 Å². The quantitative estimate of drug-likeness (QED) is 0.635. The molecule has 0 aliphatic heterocycles. The zero-order valence-corrected chi connectivity index (χ0v) is 16.8. The third-order valence-corrected chi connectivity index (χ3v) is 4.93. The van der Waals surface area contributed by atoms with Crippen LogP contribution in [0.3, 0.4) is 0 Å². The topological polar surface area (TPSA) is 75.4 Å². The van der Waals surface area contributed by atoms with Gasteiger partial charge in [0.25, 0.3) is 0 Å². The van der Waals surface area contributed by atoms with Crippen LogP contribution in [-0.4, -0.2) is 22.5 Å². The summed E-state index contributed by atoms with van der Waals surface area (Å²) < 4.78 is 18.8. The molecular weight excluding hydrogens is 371 g/mol. The summed E-state index contributed by atoms with van der Waals surface area (Å²) in [5, 5.41) is 13.3. The first kappa shape index (κ1) is 20.7. The number of halogens is 1. The minimum absolute atomic E-state index is 0.000296. The van der Waals surface area contributed by atoms with E-state index in [1.165, 1.54) is 29.8 Å². The first-order valence-electron chi connectivity index (χ1n) is 9.59. The van der Waals surface area contributed by atoms with Gasteiger partial charge in [-0.05, 0) is 55.7 Å². The molecule has 0 bridgehead atoms. The second kappa shape index (κ2) is 8.57. The van der Waals surface area contributed by atoms with E-state index in [2.05, 4.69) is 17.2 Å². The van der Waals surface area contributed by atoms with Crippen LogP contribution in [0.2, 0.25) is 0 Å². The molecule has 29 heavy (non-hydrogen) atoms. The molecule has 2 N–H and O–H groups in total. The molecule has 0 aliphatic rings. The summed E-state index contributed by atoms with van der Waals surface area (Å²) >= 11 is 0. The predicted octanol–water partition coefficient (Wildman–Crippen LogP) is 3.92. The maximum atomic E-state index is 13.1. The van der Waals surface area contributed by atoms with Gasteiger partial charge in [-0.1, -0.05) is 31.2 Å². The minimum atomic E-state index is -1.31. The molecule has 0 spiro atoms. The van der Waals surface area contributed by atoms with Crippen molar-refractivity contribution < 1.29 is 18.7 Å². The van der Waals surface area contributed by atoms with E-state index >= 15 is 0 Å². The Morgan fingerprint density at radius 3 is 2.45 bits per heavy atom. The van der Waals surface area contributed by atoms with Crippen molar-refractivity contribution >= 4 is 5.91 Å². The van der Waals surface area contributed by atoms with Crippen molar-refractivity contribution in [3.63, 3.8) is 0 Å². The second-order valence-electron chi connectivity index (χ2n) is 7.31. The first-order chi connectivity index (χ1) is 13.8. The third kappa shape index (κ3) is 5.09. The Kier molecular flexibility index (Phi) is 6.13. The fraction of sp³-hybridized carbons (Fsp3) is 0.304. The van der Waals surface area contributed by atoms with Gasteiger partial charge in [0.2, 0.25) is 11.8 Å². The molecular formula is C23H25FN2O3. The Morgan fingerprint density at radius 1 is 1.17 bits per heavy atom. The number of oxazole rings is 1. The summed E-state index contributed by atoms with van der Waals surface area (Å²) in [4.78, 5) is 16.8. The molecule has 0 saturated heterocycles. The monoisotopic (exact) mass is 396 g/mol. The van der Waals surface area contributed by atoms with E-state index in [9.17, 15) is 14.3 Å². The number of aliphatic hydroxyl groups is 1. The van der Waals surface area contributed by atoms with Gasteiger partial charge in [-0.15, -0.1) is 0 Å². The fourth-order valence-electron chi connectivity index (χ4n) is 2.99. The molecule has 6 heteroatoms. The number of nitrogens with zero attached hydrogens (tertiary/aromatic N) is 1. The zero-order valence-electron chi connectivity index (χ0n) is 16.8. The standard InChI is InChI=1S/C23H25FN2O3/c1-4-16-5-7-17(8-6-16)22-26-20(15(2)29-22)13-21(27)25-14-23(3,28)18-9-11-19(24)12-10-18/h5-12,28H,4,13-14H2,1-3H3,(H,25,27). The summed E-state index contributed by atoms with van der Waals surface area (Å²) in [6, 6.07) is 13.5. The number of amides is 1. The Labute approximate surface area is 169 Å². The summed E-state index contributed by atoms with van der Waals surface area (Å²) in [5.74, 6) is 0.401. The highest BCUT2D eigenvalue weighted by Gasteiger charge is 2.24. The van der Waals surface area contributed by atoms with Crippen molar-refractivity contribution in [1.29, 1.82) is 0 Å². The molecule has 1 unspecified atom stereocenters. The van der Waals surface area contributed by atoms with E-state index in [4.69, 9.17) is 4.42 Å². The molecule has 0 saturated carbocycles. The SMILES string of the molecule is CCc1ccc(-c2nc(CC(=O)NCC(C)(O)c3ccc(F)cc3)c(C)o2)cc1. The maximum Gasteiger partial charge on any atom is 0.226 e. The van der Waals surface area contributed by atoms with E-state index in [1.807, 2.05) is 24.3 Å². The van der Waals surface area contributed by atoms with Crippen LogP contribution in [-0.2, 0) is 23.2 Å². The Morgan fingerprint density at radius 2 is 1.83 bits per heavy atom. The number of benzene rings is 2. The van der Waals surface area contributed by atoms with Gasteiger partial charge >= 0.3 is 0 Å². The highest BCUT2D eigenvalue weighted by molar-refractivity contribution is 5.78. The predicted molar refractivity (Wildman–Crippen MR) is 109 cm³/mol. The van der Waals surface area contributed by atoms with E-state index in [1.54, 1.807) is 13.8 Å². The molecule has 1 atom stereocenters. The van der Waals surface area contributed by atoms with Crippen LogP contribution in [0, 0.1) is 12.7 Å². The molecule has 3 rings (SSSR count). The molecule has 2 aromatic carbocycles. The molecule has 0 aliphatic carbocycles. The lowest BCUT2D eigenvalue weighted by molar-refractivity contribution is -0.121. The minimum Gasteiger partial charge on any atom is -0.441 e. The summed E-state index contributed by atoms with van der Waals surface area (Å²) in [7, 11) is 0. The van der Waals surface area contributed by atoms with Crippen LogP contribution in [0.25, 0.3) is 11.5 Å². The highest BCUT2D eigenvalue weighted by atomic mass is 19.1. The summed E-state index contributed by atoms with van der Waals surface area (Å²) in [5.41, 5.74) is 1.85. The van der Waals surface area contributed by atoms with Crippen LogP contribution in [0.5, 0.6) is 0 Å². The lowest BCUT2D eigenvalue weighted by Crippen LogP contribution is -2.39. The van der Waals surface area contributed by atoms with Gasteiger partial charge in [0.1, 0.15) is 17.2 Å². The van der Waals surface area contributed by atoms with E-state index in [0.29, 0.717) is 22.9 Å². The number of carbonyl (C=O) groups is 1. The van der Waals surface area contributed by atoms with Crippen molar-refractivity contribution in [3.05, 3.63) is 76.9 Å². The van der Waals surface area contributed by atoms with Crippen molar-refractivity contribution in [3.8, 4) is 11.5 Å². The number of aryl methyl sites for hydroxylation is 2. The zero-order chi connectivity index (χ0) is 21.0. The molecule has 1 heterocycles. The van der Waals surface area contributed by atoms with Crippen LogP contribution in [0.4, 0.5) is 4.39 Å². The maximum absolute atomic E-state index is 13.1. The van der Waals surface area contributed by atoms with Crippen LogP contribution in [0.1, 0.15) is 36.4 Å². The number of carbonyl (C=O) groups excluding carboxylic acids is 1. The lowest BCUT2D eigenvalue weighted by Gasteiger charge is -2.24. The summed E-state index contributed by atoms with van der Waals surface area (Å²) in [6.45, 7) is 5.43. The van der Waals surface area contributed by atoms with Crippen LogP contribution < -0.4 is 5.32 Å². The number of rotatable bonds is 7. The van der Waals surface area contributed by atoms with Gasteiger partial charge in [0.05, 0.1) is 18.7 Å². The van der Waals surface area contributed by atoms with E-state index < -0.39 is 5.60 Å². The van der Waals surface area contributed by atoms with E-state index in [-0.39, 0.29) is 24.7 Å². The molecule has 152 valence electrons. The van der Waals surface area contributed by atoms with Gasteiger partial charge in [-0.2, -0.15) is 0 Å². The largest absolute Gasteiger partial charge is 0.441 e. The average Bonchev–Trinajstić information content (AvgIpc) is 3.07. The number of hydrogen-bond donors (Lipinski definition) is 2. The molecule has 0 fully saturated rings.